The Labute approximate surface area is 55.1 Å². The Kier molecular flexibility index (Phi) is 5.46. The molecule has 9 heavy (non-hydrogen) atoms. The monoisotopic (exact) mass is 131 g/mol. The minimum Gasteiger partial charge on any atom is -0.392 e. The van der Waals surface area contributed by atoms with Crippen molar-refractivity contribution in [1.82, 2.24) is 5.32 Å². The van der Waals surface area contributed by atoms with Crippen LogP contribution in [0, 0.1) is 0 Å². The lowest BCUT2D eigenvalue weighted by atomic mass is 10.2. The fourth-order valence-corrected chi connectivity index (χ4v) is 0.598. The Balaban J connectivity index is 3.04. The quantitative estimate of drug-likeness (QED) is 0.497. The fraction of sp³-hybridized carbons (Fsp3) is 0.833. The van der Waals surface area contributed by atoms with Gasteiger partial charge in [-0.2, -0.15) is 0 Å². The number of hydrogen-bond donors (Lipinski definition) is 2. The molecule has 0 bridgehead atoms. The van der Waals surface area contributed by atoms with Crippen LogP contribution in [0.5, 0.6) is 0 Å². The lowest BCUT2D eigenvalue weighted by molar-refractivity contribution is -0.108. The number of rotatable bonds is 5. The minimum absolute atomic E-state index is 0.375. The van der Waals surface area contributed by atoms with Crippen molar-refractivity contribution in [3.8, 4) is 0 Å². The molecule has 0 aromatic heterocycles. The van der Waals surface area contributed by atoms with Gasteiger partial charge in [0.05, 0.1) is 6.10 Å². The Hall–Kier alpha value is -0.410. The molecular weight excluding hydrogens is 118 g/mol. The third-order valence-corrected chi connectivity index (χ3v) is 1.06. The zero-order valence-electron chi connectivity index (χ0n) is 5.63. The molecule has 0 amide bonds. The summed E-state index contributed by atoms with van der Waals surface area (Å²) in [6, 6.07) is 0. The molecule has 0 rings (SSSR count). The molecule has 3 heteroatoms. The fourth-order valence-electron chi connectivity index (χ4n) is 0.598. The van der Waals surface area contributed by atoms with E-state index in [2.05, 4.69) is 5.32 Å². The molecule has 0 aliphatic heterocycles. The summed E-state index contributed by atoms with van der Waals surface area (Å²) in [5.41, 5.74) is 0. The van der Waals surface area contributed by atoms with Crippen LogP contribution in [0.3, 0.4) is 0 Å². The second-order valence-corrected chi connectivity index (χ2v) is 1.96. The van der Waals surface area contributed by atoms with Crippen LogP contribution in [0.2, 0.25) is 0 Å². The van der Waals surface area contributed by atoms with Gasteiger partial charge in [0.15, 0.2) is 0 Å². The smallest absolute Gasteiger partial charge is 0.120 e. The second kappa shape index (κ2) is 5.72. The predicted octanol–water partition coefficient (Wildman–Crippen LogP) is -0.454. The zero-order chi connectivity index (χ0) is 7.11. The lowest BCUT2D eigenvalue weighted by Gasteiger charge is -2.05. The van der Waals surface area contributed by atoms with Crippen LogP contribution in [0.4, 0.5) is 0 Å². The average molecular weight is 131 g/mol. The van der Waals surface area contributed by atoms with Crippen molar-refractivity contribution in [2.24, 2.45) is 0 Å². The highest BCUT2D eigenvalue weighted by Gasteiger charge is 1.99. The number of aliphatic hydroxyl groups excluding tert-OH is 1. The molecule has 1 unspecified atom stereocenters. The van der Waals surface area contributed by atoms with Crippen molar-refractivity contribution in [2.45, 2.75) is 18.9 Å². The molecule has 2 N–H and O–H groups in total. The van der Waals surface area contributed by atoms with Gasteiger partial charge in [0.2, 0.25) is 0 Å². The van der Waals surface area contributed by atoms with E-state index in [-0.39, 0.29) is 6.10 Å². The van der Waals surface area contributed by atoms with Gasteiger partial charge in [-0.15, -0.1) is 0 Å². The Morgan fingerprint density at radius 1 is 1.78 bits per heavy atom. The largest absolute Gasteiger partial charge is 0.392 e. The second-order valence-electron chi connectivity index (χ2n) is 1.96. The summed E-state index contributed by atoms with van der Waals surface area (Å²) in [7, 11) is 1.77. The van der Waals surface area contributed by atoms with Crippen LogP contribution >= 0.6 is 0 Å². The van der Waals surface area contributed by atoms with Gasteiger partial charge in [0.1, 0.15) is 6.29 Å². The first kappa shape index (κ1) is 8.59. The third-order valence-electron chi connectivity index (χ3n) is 1.06. The Morgan fingerprint density at radius 2 is 2.44 bits per heavy atom. The van der Waals surface area contributed by atoms with Gasteiger partial charge in [-0.05, 0) is 13.5 Å². The Bertz CT molecular complexity index is 75.5. The molecule has 0 radical (unpaired) electrons. The highest BCUT2D eigenvalue weighted by molar-refractivity contribution is 5.49. The summed E-state index contributed by atoms with van der Waals surface area (Å²) in [6.45, 7) is 0.563. The third kappa shape index (κ3) is 5.46. The molecule has 0 aliphatic rings. The molecular formula is C6H13NO2. The molecule has 3 nitrogen and oxygen atoms in total. The molecule has 0 saturated carbocycles. The van der Waals surface area contributed by atoms with Gasteiger partial charge in [0.25, 0.3) is 0 Å². The SMILES string of the molecule is CNCC(O)CCC=O. The first-order valence-electron chi connectivity index (χ1n) is 3.07. The summed E-state index contributed by atoms with van der Waals surface area (Å²) in [4.78, 5) is 9.78. The first-order valence-corrected chi connectivity index (χ1v) is 3.07. The van der Waals surface area contributed by atoms with Gasteiger partial charge < -0.3 is 15.2 Å². The highest BCUT2D eigenvalue weighted by Crippen LogP contribution is 1.91. The highest BCUT2D eigenvalue weighted by atomic mass is 16.3. The van der Waals surface area contributed by atoms with E-state index in [1.165, 1.54) is 0 Å². The van der Waals surface area contributed by atoms with Crippen molar-refractivity contribution in [1.29, 1.82) is 0 Å². The molecule has 54 valence electrons. The van der Waals surface area contributed by atoms with Crippen LogP contribution < -0.4 is 5.32 Å². The number of carbonyl (C=O) groups excluding carboxylic acids is 1. The summed E-state index contributed by atoms with van der Waals surface area (Å²) in [5, 5.41) is 11.8. The number of nitrogens with one attached hydrogen (secondary N) is 1. The maximum atomic E-state index is 9.78. The average Bonchev–Trinajstić information content (AvgIpc) is 1.85. The van der Waals surface area contributed by atoms with Crippen LogP contribution in [-0.4, -0.2) is 31.1 Å². The molecule has 0 fully saturated rings. The van der Waals surface area contributed by atoms with Gasteiger partial charge in [0, 0.05) is 13.0 Å². The standard InChI is InChI=1S/C6H13NO2/c1-7-5-6(9)3-2-4-8/h4,6-7,9H,2-3,5H2,1H3. The maximum Gasteiger partial charge on any atom is 0.120 e. The number of likely N-dealkylation sites (N-methyl/N-ethyl adjacent to an activating group) is 1. The molecule has 0 aromatic carbocycles. The summed E-state index contributed by atoms with van der Waals surface area (Å²) in [6.07, 6.45) is 1.45. The molecule has 0 aromatic rings. The zero-order valence-corrected chi connectivity index (χ0v) is 5.63. The van der Waals surface area contributed by atoms with Crippen molar-refractivity contribution in [3.63, 3.8) is 0 Å². The van der Waals surface area contributed by atoms with Crippen LogP contribution in [0.15, 0.2) is 0 Å². The molecule has 0 heterocycles. The van der Waals surface area contributed by atoms with E-state index < -0.39 is 0 Å². The normalized spacial score (nSPS) is 13.1. The predicted molar refractivity (Wildman–Crippen MR) is 35.2 cm³/mol. The number of aliphatic hydroxyl groups is 1. The molecule has 0 aliphatic carbocycles. The number of carbonyl (C=O) groups is 1. The van der Waals surface area contributed by atoms with Gasteiger partial charge in [-0.1, -0.05) is 0 Å². The van der Waals surface area contributed by atoms with E-state index in [9.17, 15) is 4.79 Å². The summed E-state index contributed by atoms with van der Waals surface area (Å²) in [5.74, 6) is 0. The van der Waals surface area contributed by atoms with E-state index in [0.717, 1.165) is 6.29 Å². The van der Waals surface area contributed by atoms with Crippen molar-refractivity contribution in [3.05, 3.63) is 0 Å². The number of aldehydes is 1. The van der Waals surface area contributed by atoms with E-state index in [1.54, 1.807) is 7.05 Å². The lowest BCUT2D eigenvalue weighted by Crippen LogP contribution is -2.23. The van der Waals surface area contributed by atoms with Crippen LogP contribution in [-0.2, 0) is 4.79 Å². The van der Waals surface area contributed by atoms with E-state index in [0.29, 0.717) is 19.4 Å². The topological polar surface area (TPSA) is 49.3 Å². The van der Waals surface area contributed by atoms with Crippen LogP contribution in [0.25, 0.3) is 0 Å². The van der Waals surface area contributed by atoms with Crippen molar-refractivity contribution >= 4 is 6.29 Å². The maximum absolute atomic E-state index is 9.78. The van der Waals surface area contributed by atoms with Crippen molar-refractivity contribution < 1.29 is 9.90 Å². The molecule has 0 spiro atoms. The first-order chi connectivity index (χ1) is 4.31. The van der Waals surface area contributed by atoms with E-state index >= 15 is 0 Å². The van der Waals surface area contributed by atoms with Crippen molar-refractivity contribution in [2.75, 3.05) is 13.6 Å². The van der Waals surface area contributed by atoms with Gasteiger partial charge >= 0.3 is 0 Å². The number of hydrogen-bond acceptors (Lipinski definition) is 3. The Morgan fingerprint density at radius 3 is 2.89 bits per heavy atom. The van der Waals surface area contributed by atoms with Gasteiger partial charge in [-0.25, -0.2) is 0 Å². The molecule has 0 saturated heterocycles. The molecule has 1 atom stereocenters. The van der Waals surface area contributed by atoms with E-state index in [1.807, 2.05) is 0 Å². The van der Waals surface area contributed by atoms with Crippen LogP contribution in [0.1, 0.15) is 12.8 Å². The minimum atomic E-state index is -0.375. The van der Waals surface area contributed by atoms with E-state index in [4.69, 9.17) is 5.11 Å². The van der Waals surface area contributed by atoms with Gasteiger partial charge in [-0.3, -0.25) is 0 Å². The summed E-state index contributed by atoms with van der Waals surface area (Å²) >= 11 is 0. The summed E-state index contributed by atoms with van der Waals surface area (Å²) < 4.78 is 0.